The molecular formula is C16H21NO4. The van der Waals surface area contributed by atoms with E-state index in [0.29, 0.717) is 18.3 Å². The third-order valence-corrected chi connectivity index (χ3v) is 4.67. The fourth-order valence-electron chi connectivity index (χ4n) is 3.45. The minimum atomic E-state index is -0.133. The number of rotatable bonds is 7. The first kappa shape index (κ1) is 13.4. The molecule has 0 spiro atoms. The highest BCUT2D eigenvalue weighted by Crippen LogP contribution is 2.48. The van der Waals surface area contributed by atoms with Crippen molar-refractivity contribution < 1.29 is 19.3 Å². The molecule has 0 bridgehead atoms. The second-order valence-electron chi connectivity index (χ2n) is 6.53. The van der Waals surface area contributed by atoms with Crippen LogP contribution in [0.1, 0.15) is 24.8 Å². The molecule has 3 fully saturated rings. The zero-order valence-corrected chi connectivity index (χ0v) is 12.0. The van der Waals surface area contributed by atoms with Gasteiger partial charge < -0.3 is 25.1 Å². The first-order chi connectivity index (χ1) is 10.1. The van der Waals surface area contributed by atoms with Crippen LogP contribution in [0.3, 0.4) is 0 Å². The topological polar surface area (TPSA) is 83.8 Å². The van der Waals surface area contributed by atoms with Crippen molar-refractivity contribution in [2.45, 2.75) is 43.0 Å². The summed E-state index contributed by atoms with van der Waals surface area (Å²) >= 11 is 0. The zero-order valence-electron chi connectivity index (χ0n) is 12.0. The van der Waals surface area contributed by atoms with Gasteiger partial charge in [-0.25, -0.2) is 0 Å². The minimum Gasteiger partial charge on any atom is -0.508 e. The van der Waals surface area contributed by atoms with Gasteiger partial charge in [-0.15, -0.1) is 0 Å². The number of hydrogen-bond donors (Lipinski definition) is 2. The van der Waals surface area contributed by atoms with Crippen molar-refractivity contribution in [3.05, 3.63) is 23.8 Å². The van der Waals surface area contributed by atoms with Crippen LogP contribution in [-0.4, -0.2) is 43.2 Å². The Balaban J connectivity index is 1.71. The number of ether oxygens (including phenoxy) is 3. The van der Waals surface area contributed by atoms with Crippen LogP contribution in [0, 0.1) is 0 Å². The summed E-state index contributed by atoms with van der Waals surface area (Å²) < 4.78 is 16.4. The quantitative estimate of drug-likeness (QED) is 0.453. The molecule has 3 saturated heterocycles. The predicted molar refractivity (Wildman–Crippen MR) is 77.3 cm³/mol. The number of phenols is 1. The molecule has 0 aromatic heterocycles. The van der Waals surface area contributed by atoms with Gasteiger partial charge in [-0.3, -0.25) is 0 Å². The van der Waals surface area contributed by atoms with E-state index in [1.54, 1.807) is 12.1 Å². The average Bonchev–Trinajstić information content (AvgIpc) is 3.27. The van der Waals surface area contributed by atoms with Crippen LogP contribution in [0.5, 0.6) is 5.75 Å². The molecule has 4 rings (SSSR count). The molecule has 3 aliphatic rings. The molecule has 0 aliphatic carbocycles. The van der Waals surface area contributed by atoms with Crippen molar-refractivity contribution in [1.82, 2.24) is 0 Å². The van der Waals surface area contributed by atoms with E-state index < -0.39 is 0 Å². The van der Waals surface area contributed by atoms with Gasteiger partial charge in [0.2, 0.25) is 0 Å². The van der Waals surface area contributed by atoms with Crippen LogP contribution in [0.4, 0.5) is 5.69 Å². The fraction of sp³-hybridized carbons (Fsp3) is 0.625. The monoisotopic (exact) mass is 291 g/mol. The summed E-state index contributed by atoms with van der Waals surface area (Å²) in [6.07, 6.45) is 3.64. The highest BCUT2D eigenvalue weighted by atomic mass is 16.6. The average molecular weight is 291 g/mol. The Labute approximate surface area is 124 Å². The second-order valence-corrected chi connectivity index (χ2v) is 6.53. The number of phenolic OH excluding ortho intramolecular Hbond substituents is 1. The second kappa shape index (κ2) is 4.87. The van der Waals surface area contributed by atoms with Crippen molar-refractivity contribution >= 4 is 5.69 Å². The van der Waals surface area contributed by atoms with E-state index in [-0.39, 0.29) is 11.2 Å². The molecule has 3 unspecified atom stereocenters. The Morgan fingerprint density at radius 3 is 1.90 bits per heavy atom. The number of nitrogens with two attached hydrogens (primary N) is 1. The maximum absolute atomic E-state index is 9.90. The van der Waals surface area contributed by atoms with Crippen LogP contribution >= 0.6 is 0 Å². The zero-order chi connectivity index (χ0) is 14.4. The van der Waals surface area contributed by atoms with Crippen LogP contribution in [-0.2, 0) is 19.6 Å². The van der Waals surface area contributed by atoms with Crippen LogP contribution in [0.15, 0.2) is 18.2 Å². The summed E-state index contributed by atoms with van der Waals surface area (Å²) in [4.78, 5) is 0. The van der Waals surface area contributed by atoms with Crippen molar-refractivity contribution in [2.24, 2.45) is 0 Å². The molecule has 0 radical (unpaired) electrons. The van der Waals surface area contributed by atoms with E-state index >= 15 is 0 Å². The lowest BCUT2D eigenvalue weighted by atomic mass is 9.69. The van der Waals surface area contributed by atoms with Gasteiger partial charge in [-0.05, 0) is 43.0 Å². The highest BCUT2D eigenvalue weighted by molar-refractivity contribution is 5.54. The van der Waals surface area contributed by atoms with E-state index in [4.69, 9.17) is 19.9 Å². The van der Waals surface area contributed by atoms with Crippen molar-refractivity contribution in [3.63, 3.8) is 0 Å². The Morgan fingerprint density at radius 2 is 1.48 bits per heavy atom. The third-order valence-electron chi connectivity index (χ3n) is 4.67. The summed E-state index contributed by atoms with van der Waals surface area (Å²) in [5, 5.41) is 9.90. The lowest BCUT2D eigenvalue weighted by Crippen LogP contribution is -2.33. The standard InChI is InChI=1S/C16H21NO4/c17-15-2-1-10(18)3-14(15)16(4-11-7-19-11,5-12-8-20-12)6-13-9-21-13/h1-3,11-13,18H,4-9,17H2. The van der Waals surface area contributed by atoms with Gasteiger partial charge in [0.1, 0.15) is 5.75 Å². The Hall–Kier alpha value is -1.30. The number of hydrogen-bond acceptors (Lipinski definition) is 5. The maximum atomic E-state index is 9.90. The number of aromatic hydroxyl groups is 1. The van der Waals surface area contributed by atoms with Gasteiger partial charge in [-0.2, -0.15) is 0 Å². The molecule has 5 nitrogen and oxygen atoms in total. The Bertz CT molecular complexity index is 499. The molecule has 21 heavy (non-hydrogen) atoms. The number of epoxide rings is 3. The van der Waals surface area contributed by atoms with Gasteiger partial charge in [0, 0.05) is 11.1 Å². The van der Waals surface area contributed by atoms with E-state index in [2.05, 4.69) is 0 Å². The van der Waals surface area contributed by atoms with Gasteiger partial charge in [0.05, 0.1) is 38.1 Å². The molecule has 114 valence electrons. The van der Waals surface area contributed by atoms with E-state index in [9.17, 15) is 5.11 Å². The van der Waals surface area contributed by atoms with Crippen LogP contribution in [0.2, 0.25) is 0 Å². The van der Waals surface area contributed by atoms with Crippen molar-refractivity contribution in [1.29, 1.82) is 0 Å². The molecular weight excluding hydrogens is 270 g/mol. The molecule has 5 heteroatoms. The van der Waals surface area contributed by atoms with Gasteiger partial charge in [0.25, 0.3) is 0 Å². The Morgan fingerprint density at radius 1 is 1.00 bits per heavy atom. The van der Waals surface area contributed by atoms with Crippen molar-refractivity contribution in [2.75, 3.05) is 25.6 Å². The van der Waals surface area contributed by atoms with E-state index in [1.165, 1.54) is 0 Å². The summed E-state index contributed by atoms with van der Waals surface area (Å²) in [5.74, 6) is 0.258. The maximum Gasteiger partial charge on any atom is 0.116 e. The molecule has 1 aromatic rings. The predicted octanol–water partition coefficient (Wildman–Crippen LogP) is 1.58. The molecule has 0 amide bonds. The summed E-state index contributed by atoms with van der Waals surface area (Å²) in [7, 11) is 0. The SMILES string of the molecule is Nc1ccc(O)cc1C(CC1CO1)(CC1CO1)CC1CO1. The van der Waals surface area contributed by atoms with E-state index in [1.807, 2.05) is 6.07 Å². The summed E-state index contributed by atoms with van der Waals surface area (Å²) in [6.45, 7) is 2.45. The third kappa shape index (κ3) is 3.00. The minimum absolute atomic E-state index is 0.133. The summed E-state index contributed by atoms with van der Waals surface area (Å²) in [5.41, 5.74) is 7.85. The van der Waals surface area contributed by atoms with Gasteiger partial charge in [-0.1, -0.05) is 0 Å². The van der Waals surface area contributed by atoms with Crippen LogP contribution in [0.25, 0.3) is 0 Å². The van der Waals surface area contributed by atoms with Gasteiger partial charge >= 0.3 is 0 Å². The molecule has 3 heterocycles. The first-order valence-electron chi connectivity index (χ1n) is 7.58. The largest absolute Gasteiger partial charge is 0.508 e. The molecule has 3 atom stereocenters. The Kier molecular flexibility index (Phi) is 3.10. The molecule has 1 aromatic carbocycles. The molecule has 3 N–H and O–H groups in total. The van der Waals surface area contributed by atoms with Gasteiger partial charge in [0.15, 0.2) is 0 Å². The number of benzene rings is 1. The number of anilines is 1. The lowest BCUT2D eigenvalue weighted by molar-refractivity contribution is 0.232. The lowest BCUT2D eigenvalue weighted by Gasteiger charge is -2.34. The van der Waals surface area contributed by atoms with Crippen LogP contribution < -0.4 is 5.73 Å². The number of nitrogen functional groups attached to an aromatic ring is 1. The van der Waals surface area contributed by atoms with Crippen molar-refractivity contribution in [3.8, 4) is 5.75 Å². The smallest absolute Gasteiger partial charge is 0.116 e. The fourth-order valence-corrected chi connectivity index (χ4v) is 3.45. The molecule has 3 aliphatic heterocycles. The molecule has 0 saturated carbocycles. The highest BCUT2D eigenvalue weighted by Gasteiger charge is 2.47. The normalized spacial score (nSPS) is 32.5. The van der Waals surface area contributed by atoms with E-state index in [0.717, 1.165) is 50.3 Å². The summed E-state index contributed by atoms with van der Waals surface area (Å²) in [6, 6.07) is 5.23. The first-order valence-corrected chi connectivity index (χ1v) is 7.58.